The van der Waals surface area contributed by atoms with Crippen LogP contribution in [0.15, 0.2) is 24.4 Å². The minimum atomic E-state index is -0.530. The lowest BCUT2D eigenvalue weighted by molar-refractivity contribution is 0.0517. The van der Waals surface area contributed by atoms with Crippen LogP contribution in [0, 0.1) is 5.82 Å². The second-order valence-corrected chi connectivity index (χ2v) is 7.13. The molecule has 0 bridgehead atoms. The highest BCUT2D eigenvalue weighted by Gasteiger charge is 2.26. The molecule has 0 saturated carbocycles. The van der Waals surface area contributed by atoms with E-state index in [1.54, 1.807) is 6.07 Å². The van der Waals surface area contributed by atoms with Crippen molar-refractivity contribution < 1.29 is 13.9 Å². The Bertz CT molecular complexity index is 684. The molecule has 5 heteroatoms. The van der Waals surface area contributed by atoms with Crippen LogP contribution in [-0.2, 0) is 10.2 Å². The molecule has 22 heavy (non-hydrogen) atoms. The van der Waals surface area contributed by atoms with E-state index in [-0.39, 0.29) is 11.2 Å². The van der Waals surface area contributed by atoms with Crippen molar-refractivity contribution in [1.29, 1.82) is 0 Å². The third kappa shape index (κ3) is 3.78. The van der Waals surface area contributed by atoms with Crippen LogP contribution in [0.4, 0.5) is 9.18 Å². The SMILES string of the molecule is CC(C)(C)OC(=O)NCC(C)(C)c1c[nH]c2ccc(F)cc12. The minimum absolute atomic E-state index is 0.274. The van der Waals surface area contributed by atoms with Crippen molar-refractivity contribution in [3.05, 3.63) is 35.8 Å². The number of ether oxygens (including phenoxy) is 1. The number of alkyl carbamates (subject to hydrolysis) is 1. The second-order valence-electron chi connectivity index (χ2n) is 7.13. The number of nitrogens with one attached hydrogen (secondary N) is 2. The zero-order chi connectivity index (χ0) is 16.5. The molecule has 0 atom stereocenters. The van der Waals surface area contributed by atoms with Gasteiger partial charge in [-0.3, -0.25) is 0 Å². The van der Waals surface area contributed by atoms with Crippen molar-refractivity contribution in [2.75, 3.05) is 6.54 Å². The first-order valence-corrected chi connectivity index (χ1v) is 7.32. The summed E-state index contributed by atoms with van der Waals surface area (Å²) in [6.45, 7) is 9.85. The van der Waals surface area contributed by atoms with Crippen LogP contribution in [-0.4, -0.2) is 23.2 Å². The van der Waals surface area contributed by atoms with Crippen molar-refractivity contribution in [2.24, 2.45) is 0 Å². The van der Waals surface area contributed by atoms with Crippen molar-refractivity contribution in [2.45, 2.75) is 45.6 Å². The molecule has 0 spiro atoms. The fourth-order valence-corrected chi connectivity index (χ4v) is 2.36. The van der Waals surface area contributed by atoms with Crippen LogP contribution in [0.1, 0.15) is 40.2 Å². The molecule has 2 rings (SSSR count). The van der Waals surface area contributed by atoms with E-state index >= 15 is 0 Å². The van der Waals surface area contributed by atoms with Gasteiger partial charge in [0.05, 0.1) is 0 Å². The summed E-state index contributed by atoms with van der Waals surface area (Å²) in [5, 5.41) is 3.61. The average Bonchev–Trinajstić information content (AvgIpc) is 2.78. The van der Waals surface area contributed by atoms with E-state index in [0.717, 1.165) is 16.5 Å². The molecule has 1 aromatic heterocycles. The second kappa shape index (κ2) is 5.63. The van der Waals surface area contributed by atoms with Gasteiger partial charge in [-0.25, -0.2) is 9.18 Å². The molecule has 0 unspecified atom stereocenters. The van der Waals surface area contributed by atoms with Gasteiger partial charge >= 0.3 is 6.09 Å². The van der Waals surface area contributed by atoms with Crippen molar-refractivity contribution in [3.63, 3.8) is 0 Å². The quantitative estimate of drug-likeness (QED) is 0.896. The number of H-pyrrole nitrogens is 1. The zero-order valence-corrected chi connectivity index (χ0v) is 13.7. The van der Waals surface area contributed by atoms with E-state index < -0.39 is 11.7 Å². The van der Waals surface area contributed by atoms with Gasteiger partial charge in [0.15, 0.2) is 0 Å². The number of amides is 1. The molecular formula is C17H23FN2O2. The lowest BCUT2D eigenvalue weighted by atomic mass is 9.84. The van der Waals surface area contributed by atoms with Gasteiger partial charge in [-0.05, 0) is 44.5 Å². The van der Waals surface area contributed by atoms with Gasteiger partial charge in [-0.15, -0.1) is 0 Å². The summed E-state index contributed by atoms with van der Waals surface area (Å²) in [4.78, 5) is 14.9. The normalized spacial score (nSPS) is 12.5. The highest BCUT2D eigenvalue weighted by molar-refractivity contribution is 5.84. The number of halogens is 1. The maximum atomic E-state index is 13.5. The number of hydrogen-bond acceptors (Lipinski definition) is 2. The maximum absolute atomic E-state index is 13.5. The number of benzene rings is 1. The lowest BCUT2D eigenvalue weighted by Crippen LogP contribution is -2.39. The number of hydrogen-bond donors (Lipinski definition) is 2. The predicted octanol–water partition coefficient (Wildman–Crippen LogP) is 4.11. The summed E-state index contributed by atoms with van der Waals surface area (Å²) in [7, 11) is 0. The average molecular weight is 306 g/mol. The number of carbonyl (C=O) groups excluding carboxylic acids is 1. The Kier molecular flexibility index (Phi) is 4.18. The number of carbonyl (C=O) groups is 1. The van der Waals surface area contributed by atoms with E-state index in [2.05, 4.69) is 10.3 Å². The molecule has 0 saturated heterocycles. The van der Waals surface area contributed by atoms with E-state index in [1.165, 1.54) is 12.1 Å². The zero-order valence-electron chi connectivity index (χ0n) is 13.7. The van der Waals surface area contributed by atoms with Crippen LogP contribution in [0.3, 0.4) is 0 Å². The van der Waals surface area contributed by atoms with Crippen LogP contribution in [0.25, 0.3) is 10.9 Å². The van der Waals surface area contributed by atoms with Crippen LogP contribution in [0.5, 0.6) is 0 Å². The molecule has 120 valence electrons. The van der Waals surface area contributed by atoms with Crippen LogP contribution >= 0.6 is 0 Å². The van der Waals surface area contributed by atoms with Gasteiger partial charge in [-0.2, -0.15) is 0 Å². The third-order valence-electron chi connectivity index (χ3n) is 3.45. The molecule has 0 aliphatic carbocycles. The molecule has 0 aliphatic rings. The van der Waals surface area contributed by atoms with Gasteiger partial charge < -0.3 is 15.0 Å². The summed E-state index contributed by atoms with van der Waals surface area (Å²) in [6, 6.07) is 4.65. The fourth-order valence-electron chi connectivity index (χ4n) is 2.36. The Morgan fingerprint density at radius 1 is 1.27 bits per heavy atom. The first-order valence-electron chi connectivity index (χ1n) is 7.32. The van der Waals surface area contributed by atoms with E-state index in [1.807, 2.05) is 40.8 Å². The van der Waals surface area contributed by atoms with Crippen molar-refractivity contribution in [3.8, 4) is 0 Å². The minimum Gasteiger partial charge on any atom is -0.444 e. The van der Waals surface area contributed by atoms with Gasteiger partial charge in [0.25, 0.3) is 0 Å². The Labute approximate surface area is 130 Å². The summed E-state index contributed by atoms with van der Waals surface area (Å²) < 4.78 is 18.7. The third-order valence-corrected chi connectivity index (χ3v) is 3.45. The monoisotopic (exact) mass is 306 g/mol. The molecule has 1 aromatic carbocycles. The summed E-state index contributed by atoms with van der Waals surface area (Å²) in [5.41, 5.74) is 0.945. The van der Waals surface area contributed by atoms with Gasteiger partial charge in [0, 0.05) is 29.1 Å². The molecule has 0 fully saturated rings. The topological polar surface area (TPSA) is 54.1 Å². The molecule has 0 radical (unpaired) electrons. The number of aromatic nitrogens is 1. The summed E-state index contributed by atoms with van der Waals surface area (Å²) in [5.74, 6) is -0.274. The first kappa shape index (κ1) is 16.3. The standard InChI is InChI=1S/C17H23FN2O2/c1-16(2,3)22-15(21)20-10-17(4,5)13-9-19-14-7-6-11(18)8-12(13)14/h6-9,19H,10H2,1-5H3,(H,20,21). The van der Waals surface area contributed by atoms with E-state index in [9.17, 15) is 9.18 Å². The fraction of sp³-hybridized carbons (Fsp3) is 0.471. The van der Waals surface area contributed by atoms with Crippen molar-refractivity contribution in [1.82, 2.24) is 10.3 Å². The molecule has 4 nitrogen and oxygen atoms in total. The van der Waals surface area contributed by atoms with Gasteiger partial charge in [0.2, 0.25) is 0 Å². The summed E-state index contributed by atoms with van der Waals surface area (Å²) in [6.07, 6.45) is 1.41. The highest BCUT2D eigenvalue weighted by Crippen LogP contribution is 2.30. The Hall–Kier alpha value is -2.04. The molecule has 2 N–H and O–H groups in total. The number of aromatic amines is 1. The molecule has 2 aromatic rings. The molecule has 1 heterocycles. The highest BCUT2D eigenvalue weighted by atomic mass is 19.1. The Morgan fingerprint density at radius 3 is 2.59 bits per heavy atom. The maximum Gasteiger partial charge on any atom is 0.407 e. The van der Waals surface area contributed by atoms with Gasteiger partial charge in [-0.1, -0.05) is 13.8 Å². The van der Waals surface area contributed by atoms with Gasteiger partial charge in [0.1, 0.15) is 11.4 Å². The Morgan fingerprint density at radius 2 is 1.95 bits per heavy atom. The number of fused-ring (bicyclic) bond motifs is 1. The summed E-state index contributed by atoms with van der Waals surface area (Å²) >= 11 is 0. The smallest absolute Gasteiger partial charge is 0.407 e. The van der Waals surface area contributed by atoms with E-state index in [4.69, 9.17) is 4.74 Å². The van der Waals surface area contributed by atoms with Crippen molar-refractivity contribution >= 4 is 17.0 Å². The predicted molar refractivity (Wildman–Crippen MR) is 85.5 cm³/mol. The number of rotatable bonds is 3. The van der Waals surface area contributed by atoms with Crippen LogP contribution in [0.2, 0.25) is 0 Å². The largest absolute Gasteiger partial charge is 0.444 e. The lowest BCUT2D eigenvalue weighted by Gasteiger charge is -2.26. The molecule has 0 aliphatic heterocycles. The van der Waals surface area contributed by atoms with E-state index in [0.29, 0.717) is 6.54 Å². The Balaban J connectivity index is 2.15. The molecule has 1 amide bonds. The molecular weight excluding hydrogens is 283 g/mol. The first-order chi connectivity index (χ1) is 10.1. The van der Waals surface area contributed by atoms with Crippen LogP contribution < -0.4 is 5.32 Å².